The fourth-order valence-corrected chi connectivity index (χ4v) is 3.32. The maximum Gasteiger partial charge on any atom is 0.303 e. The van der Waals surface area contributed by atoms with Crippen LogP contribution < -0.4 is 5.32 Å². The molecule has 0 aromatic carbocycles. The van der Waals surface area contributed by atoms with Crippen LogP contribution in [0.3, 0.4) is 0 Å². The Morgan fingerprint density at radius 1 is 1.37 bits per heavy atom. The van der Waals surface area contributed by atoms with Crippen LogP contribution in [-0.4, -0.2) is 47.7 Å². The highest BCUT2D eigenvalue weighted by atomic mass is 16.4. The molecule has 0 aromatic rings. The lowest BCUT2D eigenvalue weighted by molar-refractivity contribution is -0.137. The van der Waals surface area contributed by atoms with Crippen molar-refractivity contribution in [3.63, 3.8) is 0 Å². The van der Waals surface area contributed by atoms with Crippen molar-refractivity contribution in [2.24, 2.45) is 5.92 Å². The third kappa shape index (κ3) is 4.46. The van der Waals surface area contributed by atoms with Gasteiger partial charge in [-0.1, -0.05) is 13.3 Å². The highest BCUT2D eigenvalue weighted by molar-refractivity contribution is 5.66. The van der Waals surface area contributed by atoms with E-state index in [2.05, 4.69) is 17.1 Å². The molecule has 2 unspecified atom stereocenters. The third-order valence-corrected chi connectivity index (χ3v) is 4.61. The second-order valence-electron chi connectivity index (χ2n) is 6.22. The first-order chi connectivity index (χ1) is 9.19. The zero-order chi connectivity index (χ0) is 13.7. The largest absolute Gasteiger partial charge is 0.481 e. The summed E-state index contributed by atoms with van der Waals surface area (Å²) in [5, 5.41) is 12.5. The molecule has 0 spiro atoms. The number of rotatable bonds is 7. The van der Waals surface area contributed by atoms with Gasteiger partial charge in [0.1, 0.15) is 0 Å². The van der Waals surface area contributed by atoms with Crippen LogP contribution in [0.1, 0.15) is 51.9 Å². The Labute approximate surface area is 116 Å². The Morgan fingerprint density at radius 3 is 2.74 bits per heavy atom. The topological polar surface area (TPSA) is 52.6 Å². The van der Waals surface area contributed by atoms with Crippen LogP contribution in [0.15, 0.2) is 0 Å². The minimum absolute atomic E-state index is 0.323. The molecule has 0 bridgehead atoms. The minimum atomic E-state index is -0.654. The van der Waals surface area contributed by atoms with Gasteiger partial charge in [0.2, 0.25) is 0 Å². The fourth-order valence-electron chi connectivity index (χ4n) is 3.32. The Bertz CT molecular complexity index is 292. The number of carbonyl (C=O) groups is 1. The minimum Gasteiger partial charge on any atom is -0.481 e. The van der Waals surface area contributed by atoms with Gasteiger partial charge in [-0.2, -0.15) is 0 Å². The molecule has 1 saturated carbocycles. The van der Waals surface area contributed by atoms with Gasteiger partial charge in [-0.25, -0.2) is 0 Å². The first-order valence-corrected chi connectivity index (χ1v) is 7.88. The summed E-state index contributed by atoms with van der Waals surface area (Å²) < 4.78 is 0. The Morgan fingerprint density at radius 2 is 2.16 bits per heavy atom. The molecule has 110 valence electrons. The number of nitrogens with one attached hydrogen (secondary N) is 1. The van der Waals surface area contributed by atoms with Gasteiger partial charge in [-0.3, -0.25) is 9.69 Å². The number of hydrogen-bond acceptors (Lipinski definition) is 3. The standard InChI is InChI=1S/C15H28N2O2/c1-2-8-16-13-9-12(6-7-15(18)19)10-17(11-13)14-4-3-5-14/h12-14,16H,2-11H2,1H3,(H,18,19). The Hall–Kier alpha value is -0.610. The molecule has 4 nitrogen and oxygen atoms in total. The summed E-state index contributed by atoms with van der Waals surface area (Å²) in [6.45, 7) is 5.55. The Balaban J connectivity index is 1.85. The summed E-state index contributed by atoms with van der Waals surface area (Å²) in [6, 6.07) is 1.34. The monoisotopic (exact) mass is 268 g/mol. The average molecular weight is 268 g/mol. The quantitative estimate of drug-likeness (QED) is 0.742. The normalized spacial score (nSPS) is 29.1. The van der Waals surface area contributed by atoms with Gasteiger partial charge >= 0.3 is 5.97 Å². The summed E-state index contributed by atoms with van der Waals surface area (Å²) in [5.41, 5.74) is 0. The van der Waals surface area contributed by atoms with Gasteiger partial charge in [-0.05, 0) is 44.6 Å². The maximum absolute atomic E-state index is 10.7. The lowest BCUT2D eigenvalue weighted by Gasteiger charge is -2.45. The molecule has 2 atom stereocenters. The van der Waals surface area contributed by atoms with Crippen LogP contribution >= 0.6 is 0 Å². The van der Waals surface area contributed by atoms with E-state index in [1.807, 2.05) is 0 Å². The van der Waals surface area contributed by atoms with E-state index in [1.165, 1.54) is 25.7 Å². The highest BCUT2D eigenvalue weighted by Gasteiger charge is 2.33. The number of nitrogens with zero attached hydrogens (tertiary/aromatic N) is 1. The summed E-state index contributed by atoms with van der Waals surface area (Å²) in [6.07, 6.45) is 7.52. The summed E-state index contributed by atoms with van der Waals surface area (Å²) in [7, 11) is 0. The SMILES string of the molecule is CCCNC1CC(CCC(=O)O)CN(C2CCC2)C1. The molecule has 0 aromatic heterocycles. The molecule has 2 aliphatic rings. The predicted octanol–water partition coefficient (Wildman–Crippen LogP) is 2.09. The van der Waals surface area contributed by atoms with E-state index in [4.69, 9.17) is 5.11 Å². The molecule has 0 radical (unpaired) electrons. The first-order valence-electron chi connectivity index (χ1n) is 7.88. The fraction of sp³-hybridized carbons (Fsp3) is 0.933. The molecule has 4 heteroatoms. The Kier molecular flexibility index (Phi) is 5.64. The van der Waals surface area contributed by atoms with Crippen molar-refractivity contribution in [2.45, 2.75) is 64.0 Å². The van der Waals surface area contributed by atoms with Crippen molar-refractivity contribution in [3.05, 3.63) is 0 Å². The molecule has 0 amide bonds. The van der Waals surface area contributed by atoms with Gasteiger partial charge in [0.15, 0.2) is 0 Å². The number of carboxylic acid groups (broad SMARTS) is 1. The molecule has 2 fully saturated rings. The zero-order valence-corrected chi connectivity index (χ0v) is 12.1. The van der Waals surface area contributed by atoms with E-state index < -0.39 is 5.97 Å². The molecular weight excluding hydrogens is 240 g/mol. The number of likely N-dealkylation sites (tertiary alicyclic amines) is 1. The van der Waals surface area contributed by atoms with Crippen molar-refractivity contribution < 1.29 is 9.90 Å². The van der Waals surface area contributed by atoms with E-state index in [9.17, 15) is 4.79 Å². The predicted molar refractivity (Wildman–Crippen MR) is 76.3 cm³/mol. The lowest BCUT2D eigenvalue weighted by Crippen LogP contribution is -2.54. The van der Waals surface area contributed by atoms with E-state index in [0.29, 0.717) is 18.4 Å². The molecule has 1 aliphatic heterocycles. The molecule has 1 aliphatic carbocycles. The number of piperidine rings is 1. The summed E-state index contributed by atoms with van der Waals surface area (Å²) in [4.78, 5) is 13.4. The zero-order valence-electron chi connectivity index (χ0n) is 12.1. The molecule has 1 heterocycles. The van der Waals surface area contributed by atoms with Crippen molar-refractivity contribution in [3.8, 4) is 0 Å². The lowest BCUT2D eigenvalue weighted by atomic mass is 9.85. The van der Waals surface area contributed by atoms with E-state index in [-0.39, 0.29) is 0 Å². The van der Waals surface area contributed by atoms with Crippen LogP contribution in [0.5, 0.6) is 0 Å². The van der Waals surface area contributed by atoms with Gasteiger partial charge in [0.25, 0.3) is 0 Å². The van der Waals surface area contributed by atoms with E-state index in [0.717, 1.165) is 38.5 Å². The van der Waals surface area contributed by atoms with Crippen molar-refractivity contribution in [2.75, 3.05) is 19.6 Å². The second-order valence-corrected chi connectivity index (χ2v) is 6.22. The number of aliphatic carboxylic acids is 1. The van der Waals surface area contributed by atoms with Crippen LogP contribution in [0.4, 0.5) is 0 Å². The molecule has 1 saturated heterocycles. The van der Waals surface area contributed by atoms with Crippen LogP contribution in [0.2, 0.25) is 0 Å². The van der Waals surface area contributed by atoms with Gasteiger partial charge in [0.05, 0.1) is 0 Å². The average Bonchev–Trinajstić information content (AvgIpc) is 2.31. The van der Waals surface area contributed by atoms with Crippen molar-refractivity contribution >= 4 is 5.97 Å². The summed E-state index contributed by atoms with van der Waals surface area (Å²) in [5.74, 6) is -0.0985. The molecule has 19 heavy (non-hydrogen) atoms. The van der Waals surface area contributed by atoms with E-state index in [1.54, 1.807) is 0 Å². The third-order valence-electron chi connectivity index (χ3n) is 4.61. The van der Waals surface area contributed by atoms with Crippen LogP contribution in [0.25, 0.3) is 0 Å². The van der Waals surface area contributed by atoms with Crippen LogP contribution in [0, 0.1) is 5.92 Å². The number of hydrogen-bond donors (Lipinski definition) is 2. The van der Waals surface area contributed by atoms with Crippen molar-refractivity contribution in [1.82, 2.24) is 10.2 Å². The van der Waals surface area contributed by atoms with Crippen molar-refractivity contribution in [1.29, 1.82) is 0 Å². The smallest absolute Gasteiger partial charge is 0.303 e. The molecule has 2 rings (SSSR count). The maximum atomic E-state index is 10.7. The van der Waals surface area contributed by atoms with E-state index >= 15 is 0 Å². The van der Waals surface area contributed by atoms with Crippen LogP contribution in [-0.2, 0) is 4.79 Å². The second kappa shape index (κ2) is 7.25. The highest BCUT2D eigenvalue weighted by Crippen LogP contribution is 2.30. The van der Waals surface area contributed by atoms with Gasteiger partial charge in [0, 0.05) is 31.6 Å². The molecule has 2 N–H and O–H groups in total. The number of carboxylic acids is 1. The van der Waals surface area contributed by atoms with Gasteiger partial charge in [-0.15, -0.1) is 0 Å². The van der Waals surface area contributed by atoms with Gasteiger partial charge < -0.3 is 10.4 Å². The summed E-state index contributed by atoms with van der Waals surface area (Å²) >= 11 is 0. The molecular formula is C15H28N2O2. The first kappa shape index (κ1) is 14.8.